The molecule has 0 radical (unpaired) electrons. The van der Waals surface area contributed by atoms with Gasteiger partial charge in [-0.25, -0.2) is 4.39 Å². The number of piperidine rings is 1. The second-order valence-electron chi connectivity index (χ2n) is 5.99. The molecule has 2 N–H and O–H groups in total. The summed E-state index contributed by atoms with van der Waals surface area (Å²) < 4.78 is 13.1. The van der Waals surface area contributed by atoms with Crippen molar-refractivity contribution in [1.29, 1.82) is 0 Å². The van der Waals surface area contributed by atoms with Crippen molar-refractivity contribution in [2.24, 2.45) is 11.7 Å². The molecular formula is C17H25FN2O. The van der Waals surface area contributed by atoms with Crippen molar-refractivity contribution in [3.05, 3.63) is 35.6 Å². The van der Waals surface area contributed by atoms with Gasteiger partial charge in [-0.1, -0.05) is 19.1 Å². The summed E-state index contributed by atoms with van der Waals surface area (Å²) in [5.41, 5.74) is 6.73. The quantitative estimate of drug-likeness (QED) is 0.907. The predicted octanol–water partition coefficient (Wildman–Crippen LogP) is 2.73. The summed E-state index contributed by atoms with van der Waals surface area (Å²) in [4.78, 5) is 14.5. The number of benzene rings is 1. The van der Waals surface area contributed by atoms with Crippen LogP contribution >= 0.6 is 0 Å². The van der Waals surface area contributed by atoms with Crippen LogP contribution in [-0.4, -0.2) is 29.9 Å². The smallest absolute Gasteiger partial charge is 0.225 e. The summed E-state index contributed by atoms with van der Waals surface area (Å²) in [5.74, 6) is -0.0623. The molecule has 0 aliphatic carbocycles. The van der Waals surface area contributed by atoms with Gasteiger partial charge in [-0.2, -0.15) is 0 Å². The van der Waals surface area contributed by atoms with Crippen LogP contribution in [0.1, 0.15) is 38.2 Å². The molecule has 2 rings (SSSR count). The SMILES string of the molecule is CC(CCc1cccc(F)c1)C(=O)N1CCCCC1CN. The van der Waals surface area contributed by atoms with Crippen molar-refractivity contribution >= 4 is 5.91 Å². The highest BCUT2D eigenvalue weighted by Gasteiger charge is 2.28. The van der Waals surface area contributed by atoms with Crippen LogP contribution in [0.2, 0.25) is 0 Å². The van der Waals surface area contributed by atoms with Gasteiger partial charge < -0.3 is 10.6 Å². The lowest BCUT2D eigenvalue weighted by Crippen LogP contribution is -2.49. The topological polar surface area (TPSA) is 46.3 Å². The Hall–Kier alpha value is -1.42. The maximum Gasteiger partial charge on any atom is 0.225 e. The number of carbonyl (C=O) groups is 1. The molecular weight excluding hydrogens is 267 g/mol. The van der Waals surface area contributed by atoms with Gasteiger partial charge in [0.05, 0.1) is 0 Å². The Morgan fingerprint density at radius 3 is 3.00 bits per heavy atom. The highest BCUT2D eigenvalue weighted by atomic mass is 19.1. The minimum absolute atomic E-state index is 0.0413. The maximum atomic E-state index is 13.1. The number of halogens is 1. The Labute approximate surface area is 126 Å². The summed E-state index contributed by atoms with van der Waals surface area (Å²) in [6.45, 7) is 3.33. The summed E-state index contributed by atoms with van der Waals surface area (Å²) in [6, 6.07) is 6.80. The Morgan fingerprint density at radius 1 is 1.48 bits per heavy atom. The number of likely N-dealkylation sites (tertiary alicyclic amines) is 1. The standard InChI is InChI=1S/C17H25FN2O/c1-13(8-9-14-5-4-6-15(18)11-14)17(21)20-10-3-2-7-16(20)12-19/h4-6,11,13,16H,2-3,7-10,12,19H2,1H3. The van der Waals surface area contributed by atoms with Gasteiger partial charge >= 0.3 is 0 Å². The van der Waals surface area contributed by atoms with E-state index in [1.807, 2.05) is 17.9 Å². The van der Waals surface area contributed by atoms with Crippen LogP contribution in [-0.2, 0) is 11.2 Å². The summed E-state index contributed by atoms with van der Waals surface area (Å²) in [7, 11) is 0. The van der Waals surface area contributed by atoms with Crippen LogP contribution in [0.4, 0.5) is 4.39 Å². The van der Waals surface area contributed by atoms with Gasteiger partial charge in [-0.05, 0) is 49.8 Å². The van der Waals surface area contributed by atoms with Crippen molar-refractivity contribution in [3.63, 3.8) is 0 Å². The van der Waals surface area contributed by atoms with E-state index in [1.165, 1.54) is 6.07 Å². The average molecular weight is 292 g/mol. The first-order chi connectivity index (χ1) is 10.1. The molecule has 1 amide bonds. The van der Waals surface area contributed by atoms with Crippen LogP contribution < -0.4 is 5.73 Å². The lowest BCUT2D eigenvalue weighted by Gasteiger charge is -2.36. The van der Waals surface area contributed by atoms with Gasteiger partial charge in [-0.3, -0.25) is 4.79 Å². The molecule has 0 spiro atoms. The normalized spacial score (nSPS) is 20.3. The number of hydrogen-bond donors (Lipinski definition) is 1. The van der Waals surface area contributed by atoms with Gasteiger partial charge in [0.15, 0.2) is 0 Å². The number of nitrogens with two attached hydrogens (primary N) is 1. The zero-order valence-corrected chi connectivity index (χ0v) is 12.7. The highest BCUT2D eigenvalue weighted by molar-refractivity contribution is 5.79. The largest absolute Gasteiger partial charge is 0.338 e. The molecule has 21 heavy (non-hydrogen) atoms. The first kappa shape index (κ1) is 16.0. The van der Waals surface area contributed by atoms with Crippen molar-refractivity contribution < 1.29 is 9.18 Å². The number of carbonyl (C=O) groups excluding carboxylic acids is 1. The molecule has 2 unspecified atom stereocenters. The van der Waals surface area contributed by atoms with E-state index in [4.69, 9.17) is 5.73 Å². The van der Waals surface area contributed by atoms with E-state index in [-0.39, 0.29) is 23.7 Å². The van der Waals surface area contributed by atoms with Crippen LogP contribution in [0.25, 0.3) is 0 Å². The third kappa shape index (κ3) is 4.27. The number of nitrogens with zero attached hydrogens (tertiary/aromatic N) is 1. The van der Waals surface area contributed by atoms with E-state index in [9.17, 15) is 9.18 Å². The zero-order valence-electron chi connectivity index (χ0n) is 12.7. The predicted molar refractivity (Wildman–Crippen MR) is 82.3 cm³/mol. The molecule has 0 saturated carbocycles. The van der Waals surface area contributed by atoms with E-state index in [2.05, 4.69) is 0 Å². The third-order valence-electron chi connectivity index (χ3n) is 4.36. The minimum atomic E-state index is -0.217. The molecule has 1 aliphatic heterocycles. The van der Waals surface area contributed by atoms with Crippen LogP contribution in [0.15, 0.2) is 24.3 Å². The molecule has 1 fully saturated rings. The lowest BCUT2D eigenvalue weighted by molar-refractivity contribution is -0.138. The van der Waals surface area contributed by atoms with Gasteiger partial charge in [0, 0.05) is 25.0 Å². The zero-order chi connectivity index (χ0) is 15.2. The molecule has 1 aliphatic rings. The summed E-state index contributed by atoms with van der Waals surface area (Å²) >= 11 is 0. The third-order valence-corrected chi connectivity index (χ3v) is 4.36. The van der Waals surface area contributed by atoms with Crippen LogP contribution in [0, 0.1) is 11.7 Å². The van der Waals surface area contributed by atoms with Gasteiger partial charge in [0.25, 0.3) is 0 Å². The van der Waals surface area contributed by atoms with Crippen molar-refractivity contribution in [1.82, 2.24) is 4.90 Å². The second-order valence-corrected chi connectivity index (χ2v) is 5.99. The summed E-state index contributed by atoms with van der Waals surface area (Å²) in [6.07, 6.45) is 4.71. The van der Waals surface area contributed by atoms with E-state index in [1.54, 1.807) is 12.1 Å². The average Bonchev–Trinajstić information content (AvgIpc) is 2.52. The van der Waals surface area contributed by atoms with Gasteiger partial charge in [0.1, 0.15) is 5.82 Å². The first-order valence-electron chi connectivity index (χ1n) is 7.87. The highest BCUT2D eigenvalue weighted by Crippen LogP contribution is 2.21. The molecule has 1 aromatic carbocycles. The maximum absolute atomic E-state index is 13.1. The molecule has 0 bridgehead atoms. The molecule has 116 valence electrons. The number of aryl methyl sites for hydroxylation is 1. The first-order valence-corrected chi connectivity index (χ1v) is 7.87. The Balaban J connectivity index is 1.89. The fourth-order valence-corrected chi connectivity index (χ4v) is 3.02. The Morgan fingerprint density at radius 2 is 2.29 bits per heavy atom. The Bertz CT molecular complexity index is 478. The molecule has 1 aromatic rings. The van der Waals surface area contributed by atoms with E-state index < -0.39 is 0 Å². The molecule has 1 heterocycles. The van der Waals surface area contributed by atoms with Crippen molar-refractivity contribution in [3.8, 4) is 0 Å². The molecule has 1 saturated heterocycles. The van der Waals surface area contributed by atoms with E-state index >= 15 is 0 Å². The summed E-state index contributed by atoms with van der Waals surface area (Å²) in [5, 5.41) is 0. The van der Waals surface area contributed by atoms with Crippen molar-refractivity contribution in [2.75, 3.05) is 13.1 Å². The number of hydrogen-bond acceptors (Lipinski definition) is 2. The fraction of sp³-hybridized carbons (Fsp3) is 0.588. The molecule has 2 atom stereocenters. The molecule has 0 aromatic heterocycles. The molecule has 4 heteroatoms. The monoisotopic (exact) mass is 292 g/mol. The van der Waals surface area contributed by atoms with Crippen molar-refractivity contribution in [2.45, 2.75) is 45.1 Å². The van der Waals surface area contributed by atoms with Crippen LogP contribution in [0.3, 0.4) is 0 Å². The lowest BCUT2D eigenvalue weighted by atomic mass is 9.96. The molecule has 3 nitrogen and oxygen atoms in total. The van der Waals surface area contributed by atoms with Crippen LogP contribution in [0.5, 0.6) is 0 Å². The minimum Gasteiger partial charge on any atom is -0.338 e. The van der Waals surface area contributed by atoms with E-state index in [0.29, 0.717) is 6.54 Å². The number of amides is 1. The Kier molecular flexibility index (Phi) is 5.74. The van der Waals surface area contributed by atoms with E-state index in [0.717, 1.165) is 44.2 Å². The van der Waals surface area contributed by atoms with Gasteiger partial charge in [-0.15, -0.1) is 0 Å². The van der Waals surface area contributed by atoms with Gasteiger partial charge in [0.2, 0.25) is 5.91 Å². The second kappa shape index (κ2) is 7.55. The number of rotatable bonds is 5. The fourth-order valence-electron chi connectivity index (χ4n) is 3.02.